The van der Waals surface area contributed by atoms with E-state index in [1.807, 2.05) is 0 Å². The first-order valence-electron chi connectivity index (χ1n) is 9.95. The molecule has 2 amide bonds. The van der Waals surface area contributed by atoms with Gasteiger partial charge in [-0.2, -0.15) is 13.2 Å². The number of aromatic nitrogens is 4. The molecule has 4 N–H and O–H groups in total. The average molecular weight is 525 g/mol. The number of amides is 2. The van der Waals surface area contributed by atoms with Gasteiger partial charge in [-0.1, -0.05) is 11.6 Å². The molecule has 3 heterocycles. The van der Waals surface area contributed by atoms with Gasteiger partial charge < -0.3 is 20.7 Å². The average Bonchev–Trinajstić information content (AvgIpc) is 3.46. The van der Waals surface area contributed by atoms with Crippen LogP contribution in [0, 0.1) is 0 Å². The van der Waals surface area contributed by atoms with Crippen LogP contribution in [0.2, 0.25) is 5.02 Å². The highest BCUT2D eigenvalue weighted by molar-refractivity contribution is 7.13. The third kappa shape index (κ3) is 5.42. The van der Waals surface area contributed by atoms with Crippen LogP contribution < -0.4 is 10.6 Å². The van der Waals surface area contributed by atoms with E-state index in [1.54, 1.807) is 25.1 Å². The van der Waals surface area contributed by atoms with Crippen LogP contribution in [0.25, 0.3) is 11.0 Å². The van der Waals surface area contributed by atoms with Crippen molar-refractivity contribution in [2.75, 3.05) is 5.32 Å². The fraction of sp³-hybridized carbons (Fsp3) is 0.190. The van der Waals surface area contributed by atoms with Crippen molar-refractivity contribution in [1.29, 1.82) is 0 Å². The summed E-state index contributed by atoms with van der Waals surface area (Å²) in [7, 11) is 0. The zero-order chi connectivity index (χ0) is 25.3. The number of aliphatic hydroxyl groups is 1. The smallest absolute Gasteiger partial charge is 0.388 e. The summed E-state index contributed by atoms with van der Waals surface area (Å²) in [5.41, 5.74) is 0.423. The maximum atomic E-state index is 13.0. The van der Waals surface area contributed by atoms with E-state index in [1.165, 1.54) is 6.20 Å². The fourth-order valence-electron chi connectivity index (χ4n) is 3.12. The van der Waals surface area contributed by atoms with Gasteiger partial charge >= 0.3 is 6.18 Å². The first-order valence-corrected chi connectivity index (χ1v) is 11.1. The number of fused-ring (bicyclic) bond motifs is 1. The van der Waals surface area contributed by atoms with Gasteiger partial charge in [-0.15, -0.1) is 11.3 Å². The Bertz CT molecular complexity index is 1420. The zero-order valence-corrected chi connectivity index (χ0v) is 19.3. The second kappa shape index (κ2) is 9.60. The van der Waals surface area contributed by atoms with E-state index >= 15 is 0 Å². The first kappa shape index (κ1) is 24.6. The van der Waals surface area contributed by atoms with Crippen LogP contribution in [-0.2, 0) is 12.8 Å². The monoisotopic (exact) mass is 524 g/mol. The van der Waals surface area contributed by atoms with Crippen molar-refractivity contribution < 1.29 is 27.9 Å². The van der Waals surface area contributed by atoms with E-state index in [2.05, 4.69) is 30.6 Å². The molecular weight excluding hydrogens is 509 g/mol. The van der Waals surface area contributed by atoms with Gasteiger partial charge in [0.25, 0.3) is 11.8 Å². The summed E-state index contributed by atoms with van der Waals surface area (Å²) in [6.45, 7) is 1.41. The molecule has 0 aliphatic heterocycles. The van der Waals surface area contributed by atoms with Gasteiger partial charge in [0.2, 0.25) is 0 Å². The van der Waals surface area contributed by atoms with Crippen molar-refractivity contribution in [3.8, 4) is 0 Å². The SMILES string of the molecule is C[C@@H](NC(=O)c1ccc2nc(CO)[nH]c2c1)c1ncc(C(=O)Nc2cc(C(F)(F)F)c(Cl)cn2)s1. The van der Waals surface area contributed by atoms with Crippen molar-refractivity contribution in [2.24, 2.45) is 0 Å². The Hall–Kier alpha value is -3.55. The minimum atomic E-state index is -4.70. The number of aliphatic hydroxyl groups excluding tert-OH is 1. The van der Waals surface area contributed by atoms with Crippen LogP contribution >= 0.6 is 22.9 Å². The third-order valence-electron chi connectivity index (χ3n) is 4.81. The van der Waals surface area contributed by atoms with Gasteiger partial charge in [0.15, 0.2) is 0 Å². The number of anilines is 1. The van der Waals surface area contributed by atoms with Crippen LogP contribution in [0.4, 0.5) is 19.0 Å². The molecule has 3 aromatic heterocycles. The standard InChI is InChI=1S/C21H16ClF3N6O3S/c1-9(28-18(33)10-2-3-13-14(4-10)30-17(8-32)29-13)20-27-7-15(35-20)19(34)31-16-5-11(21(23,24)25)12(22)6-26-16/h2-7,9,32H,8H2,1H3,(H,28,33)(H,29,30)(H,26,31,34)/t9-/m1/s1. The molecule has 35 heavy (non-hydrogen) atoms. The molecule has 0 unspecified atom stereocenters. The number of H-pyrrole nitrogens is 1. The van der Waals surface area contributed by atoms with Crippen molar-refractivity contribution in [1.82, 2.24) is 25.3 Å². The lowest BCUT2D eigenvalue weighted by Crippen LogP contribution is -2.26. The van der Waals surface area contributed by atoms with Crippen molar-refractivity contribution >= 4 is 51.6 Å². The van der Waals surface area contributed by atoms with Crippen molar-refractivity contribution in [2.45, 2.75) is 25.7 Å². The summed E-state index contributed by atoms with van der Waals surface area (Å²) >= 11 is 6.51. The van der Waals surface area contributed by atoms with Gasteiger partial charge in [-0.3, -0.25) is 9.59 Å². The quantitative estimate of drug-likeness (QED) is 0.297. The van der Waals surface area contributed by atoms with E-state index in [-0.39, 0.29) is 17.3 Å². The number of halogens is 4. The number of alkyl halides is 3. The Balaban J connectivity index is 1.43. The Kier molecular flexibility index (Phi) is 6.74. The minimum Gasteiger partial charge on any atom is -0.388 e. The molecule has 4 rings (SSSR count). The molecule has 0 aliphatic rings. The van der Waals surface area contributed by atoms with Gasteiger partial charge in [-0.25, -0.2) is 15.0 Å². The molecule has 0 fully saturated rings. The number of hydrogen-bond acceptors (Lipinski definition) is 7. The van der Waals surface area contributed by atoms with E-state index < -0.39 is 34.6 Å². The van der Waals surface area contributed by atoms with Crippen molar-refractivity contribution in [3.63, 3.8) is 0 Å². The molecule has 182 valence electrons. The number of rotatable bonds is 6. The highest BCUT2D eigenvalue weighted by Gasteiger charge is 2.34. The molecule has 0 bridgehead atoms. The molecule has 1 atom stereocenters. The van der Waals surface area contributed by atoms with Gasteiger partial charge in [-0.05, 0) is 31.2 Å². The minimum absolute atomic E-state index is 0.113. The molecule has 0 radical (unpaired) electrons. The number of thiazole rings is 1. The maximum Gasteiger partial charge on any atom is 0.418 e. The lowest BCUT2D eigenvalue weighted by molar-refractivity contribution is -0.137. The molecule has 0 saturated carbocycles. The molecule has 0 aliphatic carbocycles. The summed E-state index contributed by atoms with van der Waals surface area (Å²) in [4.78, 5) is 40.2. The third-order valence-corrected chi connectivity index (χ3v) is 6.29. The highest BCUT2D eigenvalue weighted by atomic mass is 35.5. The molecule has 1 aromatic carbocycles. The highest BCUT2D eigenvalue weighted by Crippen LogP contribution is 2.35. The Labute approximate surface area is 204 Å². The maximum absolute atomic E-state index is 13.0. The molecular formula is C21H16ClF3N6O3S. The van der Waals surface area contributed by atoms with E-state index in [9.17, 15) is 27.9 Å². The lowest BCUT2D eigenvalue weighted by Gasteiger charge is -2.11. The number of benzene rings is 1. The van der Waals surface area contributed by atoms with Gasteiger partial charge in [0, 0.05) is 11.8 Å². The summed E-state index contributed by atoms with van der Waals surface area (Å²) < 4.78 is 39.1. The summed E-state index contributed by atoms with van der Waals surface area (Å²) in [6.07, 6.45) is -2.64. The predicted octanol–water partition coefficient (Wildman–Crippen LogP) is 4.32. The Morgan fingerprint density at radius 2 is 1.97 bits per heavy atom. The summed E-state index contributed by atoms with van der Waals surface area (Å²) in [6, 6.07) is 4.90. The first-order chi connectivity index (χ1) is 16.5. The number of imidazole rings is 1. The van der Waals surface area contributed by atoms with Crippen LogP contribution in [0.5, 0.6) is 0 Å². The van der Waals surface area contributed by atoms with E-state index in [0.29, 0.717) is 33.5 Å². The van der Waals surface area contributed by atoms with Crippen LogP contribution in [-0.4, -0.2) is 36.9 Å². The van der Waals surface area contributed by atoms with Crippen LogP contribution in [0.15, 0.2) is 36.7 Å². The number of carbonyl (C=O) groups excluding carboxylic acids is 2. The van der Waals surface area contributed by atoms with E-state index in [0.717, 1.165) is 17.5 Å². The second-order valence-electron chi connectivity index (χ2n) is 7.33. The van der Waals surface area contributed by atoms with Crippen LogP contribution in [0.3, 0.4) is 0 Å². The normalized spacial score (nSPS) is 12.5. The molecule has 9 nitrogen and oxygen atoms in total. The Morgan fingerprint density at radius 3 is 2.69 bits per heavy atom. The topological polar surface area (TPSA) is 133 Å². The van der Waals surface area contributed by atoms with E-state index in [4.69, 9.17) is 11.6 Å². The number of pyridine rings is 1. The lowest BCUT2D eigenvalue weighted by atomic mass is 10.2. The number of hydrogen-bond donors (Lipinski definition) is 4. The second-order valence-corrected chi connectivity index (χ2v) is 8.80. The van der Waals surface area contributed by atoms with Gasteiger partial charge in [0.05, 0.1) is 33.9 Å². The predicted molar refractivity (Wildman–Crippen MR) is 122 cm³/mol. The number of nitrogens with zero attached hydrogens (tertiary/aromatic N) is 3. The summed E-state index contributed by atoms with van der Waals surface area (Å²) in [5.74, 6) is -1.05. The summed E-state index contributed by atoms with van der Waals surface area (Å²) in [5, 5.41) is 14.1. The number of nitrogens with one attached hydrogen (secondary N) is 3. The van der Waals surface area contributed by atoms with Gasteiger partial charge in [0.1, 0.15) is 28.1 Å². The molecule has 14 heteroatoms. The molecule has 4 aromatic rings. The fourth-order valence-corrected chi connectivity index (χ4v) is 4.14. The van der Waals surface area contributed by atoms with Crippen LogP contribution in [0.1, 0.15) is 49.4 Å². The number of aromatic amines is 1. The number of carbonyl (C=O) groups is 2. The Morgan fingerprint density at radius 1 is 1.20 bits per heavy atom. The zero-order valence-electron chi connectivity index (χ0n) is 17.8. The molecule has 0 spiro atoms. The largest absolute Gasteiger partial charge is 0.418 e. The van der Waals surface area contributed by atoms with Crippen molar-refractivity contribution in [3.05, 3.63) is 68.5 Å². The molecule has 0 saturated heterocycles.